The Kier molecular flexibility index (Phi) is 15.7. The lowest BCUT2D eigenvalue weighted by Gasteiger charge is -2.34. The molecule has 8 rings (SSSR count). The third-order valence-corrected chi connectivity index (χ3v) is 11.2. The van der Waals surface area contributed by atoms with Crippen molar-refractivity contribution < 1.29 is 29.1 Å². The molecule has 2 aromatic heterocycles. The molecular weight excluding hydrogens is 837 g/mol. The summed E-state index contributed by atoms with van der Waals surface area (Å²) in [6.07, 6.45) is 5.75. The van der Waals surface area contributed by atoms with Gasteiger partial charge in [0.15, 0.2) is 0 Å². The number of hydrogen-bond acceptors (Lipinski definition) is 12. The average Bonchev–Trinajstić information content (AvgIpc) is 3.29. The third kappa shape index (κ3) is 12.6. The van der Waals surface area contributed by atoms with Crippen molar-refractivity contribution in [3.63, 3.8) is 0 Å². The number of nitrogens with one attached hydrogen (secondary N) is 2. The molecule has 15 heteroatoms. The van der Waals surface area contributed by atoms with Gasteiger partial charge in [0.05, 0.1) is 16.2 Å². The molecule has 0 bridgehead atoms. The second-order valence-electron chi connectivity index (χ2n) is 18.3. The first-order valence-electron chi connectivity index (χ1n) is 22.3. The number of nitrogens with zero attached hydrogens (tertiary/aromatic N) is 5. The van der Waals surface area contributed by atoms with E-state index in [0.29, 0.717) is 56.1 Å². The van der Waals surface area contributed by atoms with Crippen molar-refractivity contribution in [3.05, 3.63) is 120 Å². The van der Waals surface area contributed by atoms with E-state index in [0.717, 1.165) is 47.4 Å². The molecule has 2 aliphatic heterocycles. The summed E-state index contributed by atoms with van der Waals surface area (Å²) in [6, 6.07) is 32.2. The second-order valence-corrected chi connectivity index (χ2v) is 18.3. The minimum absolute atomic E-state index is 0.0262. The van der Waals surface area contributed by atoms with Crippen molar-refractivity contribution >= 4 is 56.7 Å². The van der Waals surface area contributed by atoms with E-state index in [4.69, 9.17) is 20.3 Å². The van der Waals surface area contributed by atoms with Gasteiger partial charge >= 0.3 is 17.9 Å². The van der Waals surface area contributed by atoms with Gasteiger partial charge in [-0.05, 0) is 124 Å². The Labute approximate surface area is 386 Å². The lowest BCUT2D eigenvalue weighted by atomic mass is 10.00. The first-order valence-corrected chi connectivity index (χ1v) is 22.3. The van der Waals surface area contributed by atoms with Crippen LogP contribution in [0, 0.1) is 10.1 Å². The minimum atomic E-state index is -0.542. The van der Waals surface area contributed by atoms with Crippen LogP contribution in [0.3, 0.4) is 0 Å². The highest BCUT2D eigenvalue weighted by atomic mass is 16.6. The number of likely N-dealkylation sites (tertiary alicyclic amines) is 2. The summed E-state index contributed by atoms with van der Waals surface area (Å²) in [5.41, 5.74) is 9.43. The Balaban J connectivity index is 0.000000211. The van der Waals surface area contributed by atoms with Gasteiger partial charge in [0.2, 0.25) is 5.82 Å². The van der Waals surface area contributed by atoms with Gasteiger partial charge in [-0.25, -0.2) is 19.6 Å². The molecule has 0 atom stereocenters. The normalized spacial score (nSPS) is 14.6. The fraction of sp³-hybridized carbons (Fsp3) is 0.373. The molecule has 2 fully saturated rings. The second kappa shape index (κ2) is 21.3. The number of anilines is 3. The van der Waals surface area contributed by atoms with E-state index in [-0.39, 0.29) is 40.7 Å². The number of fused-ring (bicyclic) bond motifs is 2. The predicted molar refractivity (Wildman–Crippen MR) is 262 cm³/mol. The van der Waals surface area contributed by atoms with Gasteiger partial charge in [0.1, 0.15) is 17.0 Å². The summed E-state index contributed by atoms with van der Waals surface area (Å²) in [5.74, 6) is 0.947. The quantitative estimate of drug-likeness (QED) is 0.0875. The molecule has 348 valence electrons. The number of carbonyl (C=O) groups is 2. The number of rotatable bonds is 7. The van der Waals surface area contributed by atoms with Gasteiger partial charge in [-0.2, -0.15) is 0 Å². The van der Waals surface area contributed by atoms with E-state index < -0.39 is 11.2 Å². The highest BCUT2D eigenvalue weighted by Crippen LogP contribution is 2.37. The van der Waals surface area contributed by atoms with Crippen LogP contribution in [0.15, 0.2) is 109 Å². The van der Waals surface area contributed by atoms with Crippen LogP contribution in [0.1, 0.15) is 67.2 Å². The molecule has 2 amide bonds. The Morgan fingerprint density at radius 1 is 0.636 bits per heavy atom. The summed E-state index contributed by atoms with van der Waals surface area (Å²) in [4.78, 5) is 48.5. The smallest absolute Gasteiger partial charge is 0.410 e. The Bertz CT molecular complexity index is 2630. The van der Waals surface area contributed by atoms with Crippen molar-refractivity contribution in [1.29, 1.82) is 0 Å². The van der Waals surface area contributed by atoms with Crippen LogP contribution in [0.25, 0.3) is 43.8 Å². The van der Waals surface area contributed by atoms with E-state index in [1.807, 2.05) is 102 Å². The lowest BCUT2D eigenvalue weighted by Crippen LogP contribution is -2.44. The Morgan fingerprint density at radius 2 is 1.03 bits per heavy atom. The van der Waals surface area contributed by atoms with Crippen LogP contribution in [-0.4, -0.2) is 98.6 Å². The molecule has 0 saturated carbocycles. The number of benzene rings is 4. The standard InChI is InChI=1S/C25H28N4O4.C25H30N4O2.CH4O/c1-25(2,3)33-24(30)28-14-11-20(12-15-28)27-23-22(29(31)32)21(10-13-26-23)19-9-8-17-6-4-5-7-18(17)16-19;1-25(2,3)31-24(30)29-14-11-20(12-15-29)28-23-22(26)21(10-13-27-23)19-9-8-17-6-4-5-7-18(17)16-19;1-2/h4-10,13,16,20H,11-12,14-15H2,1-3H3,(H,26,27);4-10,13,16,20H,11-12,14-15,26H2,1-3H3,(H,27,28);2H,1H3. The number of nitro groups is 1. The molecule has 4 aromatic carbocycles. The third-order valence-electron chi connectivity index (χ3n) is 11.2. The van der Waals surface area contributed by atoms with E-state index in [1.165, 1.54) is 10.8 Å². The fourth-order valence-electron chi connectivity index (χ4n) is 7.98. The van der Waals surface area contributed by atoms with E-state index in [2.05, 4.69) is 50.9 Å². The average molecular weight is 899 g/mol. The maximum absolute atomic E-state index is 12.3. The van der Waals surface area contributed by atoms with Gasteiger partial charge in [-0.3, -0.25) is 10.1 Å². The van der Waals surface area contributed by atoms with E-state index in [9.17, 15) is 19.7 Å². The fourth-order valence-corrected chi connectivity index (χ4v) is 7.98. The summed E-state index contributed by atoms with van der Waals surface area (Å²) >= 11 is 0. The van der Waals surface area contributed by atoms with Crippen LogP contribution < -0.4 is 16.4 Å². The highest BCUT2D eigenvalue weighted by molar-refractivity contribution is 5.92. The molecule has 0 spiro atoms. The van der Waals surface area contributed by atoms with Crippen molar-refractivity contribution in [3.8, 4) is 22.3 Å². The van der Waals surface area contributed by atoms with E-state index >= 15 is 0 Å². The lowest BCUT2D eigenvalue weighted by molar-refractivity contribution is -0.383. The van der Waals surface area contributed by atoms with Crippen molar-refractivity contribution in [1.82, 2.24) is 19.8 Å². The minimum Gasteiger partial charge on any atom is -0.444 e. The summed E-state index contributed by atoms with van der Waals surface area (Å²) in [7, 11) is 1.00. The van der Waals surface area contributed by atoms with Gasteiger partial charge < -0.3 is 40.7 Å². The molecule has 0 unspecified atom stereocenters. The molecule has 0 radical (unpaired) electrons. The van der Waals surface area contributed by atoms with Crippen molar-refractivity contribution in [2.45, 2.75) is 90.5 Å². The van der Waals surface area contributed by atoms with Crippen LogP contribution in [0.4, 0.5) is 32.6 Å². The number of aromatic nitrogens is 2. The zero-order valence-corrected chi connectivity index (χ0v) is 38.9. The maximum Gasteiger partial charge on any atom is 0.410 e. The molecule has 15 nitrogen and oxygen atoms in total. The number of pyridine rings is 2. The zero-order valence-electron chi connectivity index (χ0n) is 38.9. The van der Waals surface area contributed by atoms with Gasteiger partial charge in [-0.1, -0.05) is 72.8 Å². The van der Waals surface area contributed by atoms with Crippen LogP contribution in [0.5, 0.6) is 0 Å². The summed E-state index contributed by atoms with van der Waals surface area (Å²) in [5, 5.41) is 30.3. The van der Waals surface area contributed by atoms with Gasteiger partial charge in [0, 0.05) is 63.3 Å². The Morgan fingerprint density at radius 3 is 1.47 bits per heavy atom. The van der Waals surface area contributed by atoms with Crippen LogP contribution in [-0.2, 0) is 9.47 Å². The van der Waals surface area contributed by atoms with Gasteiger partial charge in [-0.15, -0.1) is 0 Å². The van der Waals surface area contributed by atoms with Crippen molar-refractivity contribution in [2.75, 3.05) is 49.7 Å². The topological polar surface area (TPSA) is 198 Å². The first kappa shape index (κ1) is 48.5. The number of carbonyl (C=O) groups excluding carboxylic acids is 2. The SMILES string of the molecule is CC(C)(C)OC(=O)N1CCC(Nc2nccc(-c3ccc4ccccc4c3)c2N)CC1.CC(C)(C)OC(=O)N1CCC(Nc2nccc(-c3ccc4ccccc4c3)c2[N+](=O)[O-])CC1.CO. The number of aliphatic hydroxyl groups excluding tert-OH is 1. The zero-order chi connectivity index (χ0) is 47.6. The molecule has 2 aliphatic rings. The molecule has 4 heterocycles. The summed E-state index contributed by atoms with van der Waals surface area (Å²) < 4.78 is 10.9. The molecule has 6 aromatic rings. The van der Waals surface area contributed by atoms with Crippen LogP contribution >= 0.6 is 0 Å². The number of nitrogen functional groups attached to an aromatic ring is 1. The van der Waals surface area contributed by atoms with E-state index in [1.54, 1.807) is 28.3 Å². The number of hydrogen-bond donors (Lipinski definition) is 4. The predicted octanol–water partition coefficient (Wildman–Crippen LogP) is 10.5. The number of aliphatic hydroxyl groups is 1. The summed E-state index contributed by atoms with van der Waals surface area (Å²) in [6.45, 7) is 13.5. The monoisotopic (exact) mass is 898 g/mol. The number of piperidine rings is 2. The number of ether oxygens (including phenoxy) is 2. The number of nitrogens with two attached hydrogens (primary N) is 1. The number of amides is 2. The van der Waals surface area contributed by atoms with Crippen LogP contribution in [0.2, 0.25) is 0 Å². The first-order chi connectivity index (χ1) is 31.5. The van der Waals surface area contributed by atoms with Crippen molar-refractivity contribution in [2.24, 2.45) is 0 Å². The molecule has 0 aliphatic carbocycles. The molecule has 5 N–H and O–H groups in total. The van der Waals surface area contributed by atoms with Gasteiger partial charge in [0.25, 0.3) is 0 Å². The Hall–Kier alpha value is -7.00. The highest BCUT2D eigenvalue weighted by Gasteiger charge is 2.30. The molecule has 66 heavy (non-hydrogen) atoms. The largest absolute Gasteiger partial charge is 0.444 e. The molecule has 2 saturated heterocycles. The molecular formula is C51H62N8O7. The maximum atomic E-state index is 12.3.